The number of aliphatic imine (C=N–C) groups is 1. The molecular weight excluding hydrogens is 379 g/mol. The van der Waals surface area contributed by atoms with Crippen molar-refractivity contribution in [1.82, 2.24) is 14.6 Å². The number of nitriles is 1. The highest BCUT2D eigenvalue weighted by atomic mass is 35.5. The zero-order chi connectivity index (χ0) is 19.8. The van der Waals surface area contributed by atoms with Gasteiger partial charge >= 0.3 is 6.18 Å². The summed E-state index contributed by atoms with van der Waals surface area (Å²) in [5, 5.41) is 13.1. The van der Waals surface area contributed by atoms with Crippen LogP contribution < -0.4 is 0 Å². The van der Waals surface area contributed by atoms with Gasteiger partial charge in [0, 0.05) is 34.3 Å². The molecule has 136 valence electrons. The molecule has 0 saturated carbocycles. The highest BCUT2D eigenvalue weighted by Gasteiger charge is 2.38. The zero-order valence-corrected chi connectivity index (χ0v) is 14.7. The van der Waals surface area contributed by atoms with E-state index in [1.165, 1.54) is 18.5 Å². The second-order valence-electron chi connectivity index (χ2n) is 5.54. The molecule has 1 aliphatic rings. The van der Waals surface area contributed by atoms with Gasteiger partial charge in [-0.2, -0.15) is 23.5 Å². The summed E-state index contributed by atoms with van der Waals surface area (Å²) in [5.41, 5.74) is 0.164. The standard InChI is InChI=1S/C18H11ClF3N5/c1-3-24-15-7-13(19)5-4-11(15)6-12-9-27-17(25-10(12)2)14(8-23)16(26-27)18(20,21)22/h3-7,9H,1H2,2H3/b11-6+,24-15?. The van der Waals surface area contributed by atoms with Crippen molar-refractivity contribution in [2.75, 3.05) is 0 Å². The van der Waals surface area contributed by atoms with Gasteiger partial charge in [0.2, 0.25) is 0 Å². The molecule has 2 aromatic rings. The Morgan fingerprint density at radius 1 is 1.37 bits per heavy atom. The normalized spacial score (nSPS) is 17.4. The molecule has 5 nitrogen and oxygen atoms in total. The Morgan fingerprint density at radius 2 is 2.11 bits per heavy atom. The Labute approximate surface area is 157 Å². The van der Waals surface area contributed by atoms with Crippen LogP contribution in [0.4, 0.5) is 13.2 Å². The van der Waals surface area contributed by atoms with Crippen LogP contribution in [0.3, 0.4) is 0 Å². The van der Waals surface area contributed by atoms with Crippen molar-refractivity contribution in [3.05, 3.63) is 70.3 Å². The van der Waals surface area contributed by atoms with E-state index in [0.717, 1.165) is 4.52 Å². The molecule has 0 aliphatic heterocycles. The Bertz CT molecular complexity index is 1110. The molecule has 0 unspecified atom stereocenters. The Balaban J connectivity index is 2.18. The lowest BCUT2D eigenvalue weighted by Crippen LogP contribution is -2.08. The van der Waals surface area contributed by atoms with E-state index in [9.17, 15) is 13.2 Å². The second kappa shape index (κ2) is 6.85. The highest BCUT2D eigenvalue weighted by Crippen LogP contribution is 2.32. The first-order valence-corrected chi connectivity index (χ1v) is 7.95. The van der Waals surface area contributed by atoms with Crippen LogP contribution in [0, 0.1) is 18.3 Å². The number of halogens is 4. The van der Waals surface area contributed by atoms with Crippen molar-refractivity contribution in [1.29, 1.82) is 5.26 Å². The first-order valence-electron chi connectivity index (χ1n) is 7.58. The molecule has 0 bridgehead atoms. The van der Waals surface area contributed by atoms with Crippen LogP contribution in [0.5, 0.6) is 0 Å². The molecule has 9 heteroatoms. The lowest BCUT2D eigenvalue weighted by atomic mass is 10.0. The van der Waals surface area contributed by atoms with Crippen LogP contribution in [0.25, 0.3) is 11.7 Å². The van der Waals surface area contributed by atoms with Crippen molar-refractivity contribution in [3.8, 4) is 6.07 Å². The van der Waals surface area contributed by atoms with Crippen LogP contribution in [0.1, 0.15) is 22.5 Å². The number of aryl methyl sites for hydroxylation is 1. The maximum Gasteiger partial charge on any atom is 0.436 e. The van der Waals surface area contributed by atoms with Gasteiger partial charge in [-0.25, -0.2) is 9.50 Å². The minimum atomic E-state index is -4.75. The largest absolute Gasteiger partial charge is 0.436 e. The fraction of sp³-hybridized carbons (Fsp3) is 0.111. The third-order valence-corrected chi connectivity index (χ3v) is 3.99. The fourth-order valence-electron chi connectivity index (χ4n) is 2.53. The minimum Gasteiger partial charge on any atom is -0.257 e. The number of fused-ring (bicyclic) bond motifs is 1. The second-order valence-corrected chi connectivity index (χ2v) is 5.98. The average Bonchev–Trinajstić information content (AvgIpc) is 2.95. The maximum atomic E-state index is 13.1. The summed E-state index contributed by atoms with van der Waals surface area (Å²) in [6.45, 7) is 5.18. The van der Waals surface area contributed by atoms with Gasteiger partial charge in [-0.05, 0) is 25.2 Å². The van der Waals surface area contributed by atoms with E-state index < -0.39 is 17.4 Å². The van der Waals surface area contributed by atoms with Crippen LogP contribution in [0.2, 0.25) is 0 Å². The van der Waals surface area contributed by atoms with Gasteiger partial charge in [-0.15, -0.1) is 0 Å². The van der Waals surface area contributed by atoms with Crippen LogP contribution in [-0.2, 0) is 6.18 Å². The van der Waals surface area contributed by atoms with Gasteiger partial charge in [-0.3, -0.25) is 4.99 Å². The third kappa shape index (κ3) is 3.55. The summed E-state index contributed by atoms with van der Waals surface area (Å²) < 4.78 is 40.3. The third-order valence-electron chi connectivity index (χ3n) is 3.75. The smallest absolute Gasteiger partial charge is 0.257 e. The summed E-state index contributed by atoms with van der Waals surface area (Å²) in [5.74, 6) is 0. The highest BCUT2D eigenvalue weighted by molar-refractivity contribution is 6.35. The Hall–Kier alpha value is -3.18. The van der Waals surface area contributed by atoms with E-state index in [0.29, 0.717) is 27.6 Å². The molecule has 1 aliphatic carbocycles. The SMILES string of the molecule is C=CN=C1C=C(Cl)C=C/C1=C\c1cn2nc(C(F)(F)F)c(C#N)c2nc1C. The van der Waals surface area contributed by atoms with Crippen LogP contribution in [-0.4, -0.2) is 20.3 Å². The van der Waals surface area contributed by atoms with Gasteiger partial charge in [-0.1, -0.05) is 24.3 Å². The van der Waals surface area contributed by atoms with E-state index in [1.807, 2.05) is 0 Å². The summed E-state index contributed by atoms with van der Waals surface area (Å²) >= 11 is 5.97. The molecule has 0 amide bonds. The molecule has 0 aromatic carbocycles. The first-order chi connectivity index (χ1) is 12.7. The zero-order valence-electron chi connectivity index (χ0n) is 13.9. The molecule has 0 spiro atoms. The molecule has 0 atom stereocenters. The van der Waals surface area contributed by atoms with Crippen molar-refractivity contribution < 1.29 is 13.2 Å². The van der Waals surface area contributed by atoms with Gasteiger partial charge in [0.25, 0.3) is 0 Å². The quantitative estimate of drug-likeness (QED) is 0.754. The topological polar surface area (TPSA) is 66.3 Å². The minimum absolute atomic E-state index is 0.147. The molecule has 3 rings (SSSR count). The molecule has 0 fully saturated rings. The maximum absolute atomic E-state index is 13.1. The number of nitrogens with zero attached hydrogens (tertiary/aromatic N) is 5. The van der Waals surface area contributed by atoms with Crippen molar-refractivity contribution in [2.24, 2.45) is 4.99 Å². The van der Waals surface area contributed by atoms with Crippen molar-refractivity contribution in [2.45, 2.75) is 13.1 Å². The van der Waals surface area contributed by atoms with Crippen LogP contribution in [0.15, 0.2) is 52.8 Å². The average molecular weight is 390 g/mol. The summed E-state index contributed by atoms with van der Waals surface area (Å²) in [6, 6.07) is 1.54. The molecule has 2 aromatic heterocycles. The lowest BCUT2D eigenvalue weighted by molar-refractivity contribution is -0.141. The van der Waals surface area contributed by atoms with E-state index in [4.69, 9.17) is 16.9 Å². The van der Waals surface area contributed by atoms with Gasteiger partial charge < -0.3 is 0 Å². The number of alkyl halides is 3. The molecule has 0 radical (unpaired) electrons. The number of hydrogen-bond donors (Lipinski definition) is 0. The van der Waals surface area contributed by atoms with Gasteiger partial charge in [0.1, 0.15) is 11.6 Å². The number of hydrogen-bond acceptors (Lipinski definition) is 4. The molecule has 0 saturated heterocycles. The Kier molecular flexibility index (Phi) is 4.72. The predicted octanol–water partition coefficient (Wildman–Crippen LogP) is 4.59. The van der Waals surface area contributed by atoms with E-state index in [2.05, 4.69) is 21.7 Å². The molecule has 27 heavy (non-hydrogen) atoms. The van der Waals surface area contributed by atoms with E-state index in [-0.39, 0.29) is 5.65 Å². The molecular formula is C18H11ClF3N5. The number of allylic oxidation sites excluding steroid dienone is 5. The fourth-order valence-corrected chi connectivity index (χ4v) is 2.70. The molecule has 2 heterocycles. The number of aromatic nitrogens is 3. The monoisotopic (exact) mass is 389 g/mol. The Morgan fingerprint density at radius 3 is 2.74 bits per heavy atom. The van der Waals surface area contributed by atoms with Crippen molar-refractivity contribution in [3.63, 3.8) is 0 Å². The lowest BCUT2D eigenvalue weighted by Gasteiger charge is -2.09. The molecule has 0 N–H and O–H groups in total. The number of rotatable bonds is 2. The summed E-state index contributed by atoms with van der Waals surface area (Å²) in [4.78, 5) is 8.27. The predicted molar refractivity (Wildman–Crippen MR) is 96.1 cm³/mol. The summed E-state index contributed by atoms with van der Waals surface area (Å²) in [7, 11) is 0. The first kappa shape index (κ1) is 18.6. The van der Waals surface area contributed by atoms with Gasteiger partial charge in [0.05, 0.1) is 5.71 Å². The summed E-state index contributed by atoms with van der Waals surface area (Å²) in [6.07, 6.45) is 4.73. The van der Waals surface area contributed by atoms with E-state index in [1.54, 1.807) is 31.2 Å². The van der Waals surface area contributed by atoms with Crippen LogP contribution >= 0.6 is 11.6 Å². The van der Waals surface area contributed by atoms with Crippen molar-refractivity contribution >= 4 is 29.0 Å². The van der Waals surface area contributed by atoms with Gasteiger partial charge in [0.15, 0.2) is 11.3 Å². The van der Waals surface area contributed by atoms with E-state index >= 15 is 0 Å².